The number of fused-ring (bicyclic) bond motifs is 3. The number of aromatic nitrogens is 1. The monoisotopic (exact) mass is 344 g/mol. The van der Waals surface area contributed by atoms with Crippen LogP contribution in [-0.2, 0) is 4.79 Å². The predicted molar refractivity (Wildman–Crippen MR) is 106 cm³/mol. The number of nitrogens with one attached hydrogen (secondary N) is 2. The first kappa shape index (κ1) is 16.2. The Balaban J connectivity index is 1.50. The van der Waals surface area contributed by atoms with E-state index in [9.17, 15) is 4.79 Å². The zero-order valence-corrected chi connectivity index (χ0v) is 14.8. The third kappa shape index (κ3) is 3.14. The Hall–Kier alpha value is -3.27. The highest BCUT2D eigenvalue weighted by Gasteiger charge is 2.08. The smallest absolute Gasteiger partial charge is 0.262 e. The number of hydrogen-bond acceptors (Lipinski definition) is 2. The number of amides is 1. The van der Waals surface area contributed by atoms with Crippen LogP contribution in [0, 0.1) is 13.8 Å². The van der Waals surface area contributed by atoms with Crippen LogP contribution in [0.1, 0.15) is 11.1 Å². The highest BCUT2D eigenvalue weighted by molar-refractivity contribution is 6.09. The van der Waals surface area contributed by atoms with Crippen LogP contribution in [0.4, 0.5) is 5.69 Å². The summed E-state index contributed by atoms with van der Waals surface area (Å²) in [5.41, 5.74) is 5.02. The normalized spacial score (nSPS) is 11.0. The average Bonchev–Trinajstić information content (AvgIpc) is 3.00. The Morgan fingerprint density at radius 3 is 2.65 bits per heavy atom. The quantitative estimate of drug-likeness (QED) is 0.550. The van der Waals surface area contributed by atoms with Gasteiger partial charge in [0.1, 0.15) is 5.75 Å². The summed E-state index contributed by atoms with van der Waals surface area (Å²) in [6.45, 7) is 3.95. The third-order valence-electron chi connectivity index (χ3n) is 4.49. The van der Waals surface area contributed by atoms with Gasteiger partial charge in [-0.3, -0.25) is 4.79 Å². The molecule has 1 heterocycles. The number of anilines is 1. The molecule has 0 aliphatic carbocycles. The lowest BCUT2D eigenvalue weighted by Gasteiger charge is -2.10. The highest BCUT2D eigenvalue weighted by atomic mass is 16.5. The molecule has 0 spiro atoms. The van der Waals surface area contributed by atoms with Gasteiger partial charge < -0.3 is 15.0 Å². The molecule has 130 valence electrons. The minimum Gasteiger partial charge on any atom is -0.483 e. The number of ether oxygens (including phenoxy) is 1. The number of carbonyl (C=O) groups excluding carboxylic acids is 1. The number of benzene rings is 3. The van der Waals surface area contributed by atoms with E-state index in [1.165, 1.54) is 0 Å². The molecular formula is C22H20N2O2. The molecule has 26 heavy (non-hydrogen) atoms. The first-order chi connectivity index (χ1) is 12.6. The van der Waals surface area contributed by atoms with Crippen molar-refractivity contribution in [2.24, 2.45) is 0 Å². The summed E-state index contributed by atoms with van der Waals surface area (Å²) in [5, 5.41) is 5.15. The van der Waals surface area contributed by atoms with Crippen molar-refractivity contribution in [1.82, 2.24) is 4.98 Å². The maximum atomic E-state index is 12.3. The number of para-hydroxylation sites is 1. The number of carbonyl (C=O) groups is 1. The number of hydrogen-bond donors (Lipinski definition) is 2. The van der Waals surface area contributed by atoms with E-state index in [0.717, 1.165) is 44.4 Å². The van der Waals surface area contributed by atoms with Crippen molar-refractivity contribution in [2.75, 3.05) is 11.9 Å². The van der Waals surface area contributed by atoms with E-state index >= 15 is 0 Å². The molecule has 3 aromatic carbocycles. The van der Waals surface area contributed by atoms with E-state index in [1.807, 2.05) is 68.4 Å². The molecular weight excluding hydrogens is 324 g/mol. The van der Waals surface area contributed by atoms with Crippen molar-refractivity contribution >= 4 is 33.4 Å². The van der Waals surface area contributed by atoms with Crippen molar-refractivity contribution < 1.29 is 9.53 Å². The van der Waals surface area contributed by atoms with Crippen LogP contribution in [0.15, 0.2) is 60.7 Å². The summed E-state index contributed by atoms with van der Waals surface area (Å²) in [4.78, 5) is 15.7. The summed E-state index contributed by atoms with van der Waals surface area (Å²) >= 11 is 0. The zero-order chi connectivity index (χ0) is 18.1. The standard InChI is InChI=1S/C22H20N2O2/c1-14-7-8-15(2)21(11-14)26-13-22(25)23-16-9-10-20-18(12-16)17-5-3-4-6-19(17)24-20/h3-12,24H,13H2,1-2H3,(H,23,25). The first-order valence-corrected chi connectivity index (χ1v) is 8.60. The molecule has 1 amide bonds. The van der Waals surface area contributed by atoms with Gasteiger partial charge in [0.15, 0.2) is 6.61 Å². The molecule has 4 aromatic rings. The Kier molecular flexibility index (Phi) is 4.09. The fourth-order valence-corrected chi connectivity index (χ4v) is 3.13. The number of H-pyrrole nitrogens is 1. The third-order valence-corrected chi connectivity index (χ3v) is 4.49. The molecule has 4 nitrogen and oxygen atoms in total. The molecule has 0 saturated carbocycles. The molecule has 0 aliphatic heterocycles. The van der Waals surface area contributed by atoms with Gasteiger partial charge >= 0.3 is 0 Å². The van der Waals surface area contributed by atoms with Crippen molar-refractivity contribution in [3.05, 3.63) is 71.8 Å². The summed E-state index contributed by atoms with van der Waals surface area (Å²) in [6.07, 6.45) is 0. The Labute approximate surface area is 151 Å². The second-order valence-corrected chi connectivity index (χ2v) is 6.54. The topological polar surface area (TPSA) is 54.1 Å². The largest absolute Gasteiger partial charge is 0.483 e. The maximum Gasteiger partial charge on any atom is 0.262 e. The van der Waals surface area contributed by atoms with Crippen molar-refractivity contribution in [1.29, 1.82) is 0 Å². The van der Waals surface area contributed by atoms with Crippen LogP contribution in [0.2, 0.25) is 0 Å². The lowest BCUT2D eigenvalue weighted by Crippen LogP contribution is -2.20. The van der Waals surface area contributed by atoms with E-state index < -0.39 is 0 Å². The molecule has 1 aromatic heterocycles. The van der Waals surface area contributed by atoms with E-state index in [4.69, 9.17) is 4.74 Å². The van der Waals surface area contributed by atoms with Gasteiger partial charge in [0.2, 0.25) is 0 Å². The van der Waals surface area contributed by atoms with Crippen LogP contribution in [-0.4, -0.2) is 17.5 Å². The van der Waals surface area contributed by atoms with Crippen molar-refractivity contribution in [2.45, 2.75) is 13.8 Å². The molecule has 0 aliphatic rings. The Bertz CT molecular complexity index is 1110. The van der Waals surface area contributed by atoms with Crippen LogP contribution >= 0.6 is 0 Å². The molecule has 0 unspecified atom stereocenters. The molecule has 0 atom stereocenters. The number of aromatic amines is 1. The van der Waals surface area contributed by atoms with Crippen LogP contribution < -0.4 is 10.1 Å². The molecule has 0 radical (unpaired) electrons. The predicted octanol–water partition coefficient (Wildman–Crippen LogP) is 4.96. The van der Waals surface area contributed by atoms with Crippen molar-refractivity contribution in [3.63, 3.8) is 0 Å². The summed E-state index contributed by atoms with van der Waals surface area (Å²) in [6, 6.07) is 20.0. The molecule has 0 bridgehead atoms. The Morgan fingerprint density at radius 2 is 1.77 bits per heavy atom. The first-order valence-electron chi connectivity index (χ1n) is 8.60. The van der Waals surface area contributed by atoms with Gasteiger partial charge in [0.25, 0.3) is 5.91 Å². The fourth-order valence-electron chi connectivity index (χ4n) is 3.13. The van der Waals surface area contributed by atoms with E-state index in [1.54, 1.807) is 0 Å². The van der Waals surface area contributed by atoms with E-state index in [0.29, 0.717) is 0 Å². The van der Waals surface area contributed by atoms with Crippen LogP contribution in [0.5, 0.6) is 5.75 Å². The summed E-state index contributed by atoms with van der Waals surface area (Å²) < 4.78 is 5.68. The molecule has 2 N–H and O–H groups in total. The van der Waals surface area contributed by atoms with E-state index in [-0.39, 0.29) is 12.5 Å². The average molecular weight is 344 g/mol. The molecule has 0 fully saturated rings. The number of rotatable bonds is 4. The Morgan fingerprint density at radius 1 is 0.962 bits per heavy atom. The summed E-state index contributed by atoms with van der Waals surface area (Å²) in [5.74, 6) is 0.567. The van der Waals surface area contributed by atoms with Crippen LogP contribution in [0.25, 0.3) is 21.8 Å². The van der Waals surface area contributed by atoms with Gasteiger partial charge in [-0.2, -0.15) is 0 Å². The lowest BCUT2D eigenvalue weighted by atomic mass is 10.1. The maximum absolute atomic E-state index is 12.3. The van der Waals surface area contributed by atoms with Crippen molar-refractivity contribution in [3.8, 4) is 5.75 Å². The van der Waals surface area contributed by atoms with Gasteiger partial charge in [-0.1, -0.05) is 30.3 Å². The SMILES string of the molecule is Cc1ccc(C)c(OCC(=O)Nc2ccc3[nH]c4ccccc4c3c2)c1. The molecule has 0 saturated heterocycles. The minimum atomic E-state index is -0.176. The number of aryl methyl sites for hydroxylation is 2. The second kappa shape index (κ2) is 6.56. The van der Waals surface area contributed by atoms with Gasteiger partial charge in [0.05, 0.1) is 0 Å². The van der Waals surface area contributed by atoms with Gasteiger partial charge in [-0.05, 0) is 55.3 Å². The van der Waals surface area contributed by atoms with E-state index in [2.05, 4.69) is 16.4 Å². The highest BCUT2D eigenvalue weighted by Crippen LogP contribution is 2.27. The molecule has 4 heteroatoms. The second-order valence-electron chi connectivity index (χ2n) is 6.54. The fraction of sp³-hybridized carbons (Fsp3) is 0.136. The zero-order valence-electron chi connectivity index (χ0n) is 14.8. The van der Waals surface area contributed by atoms with Gasteiger partial charge in [0, 0.05) is 27.5 Å². The molecule has 4 rings (SSSR count). The lowest BCUT2D eigenvalue weighted by molar-refractivity contribution is -0.118. The minimum absolute atomic E-state index is 0.0176. The van der Waals surface area contributed by atoms with Crippen LogP contribution in [0.3, 0.4) is 0 Å². The van der Waals surface area contributed by atoms with Gasteiger partial charge in [-0.15, -0.1) is 0 Å². The summed E-state index contributed by atoms with van der Waals surface area (Å²) in [7, 11) is 0. The van der Waals surface area contributed by atoms with Gasteiger partial charge in [-0.25, -0.2) is 0 Å².